The lowest BCUT2D eigenvalue weighted by Crippen LogP contribution is -2.45. The molecule has 1 heterocycles. The van der Waals surface area contributed by atoms with Crippen molar-refractivity contribution < 1.29 is 14.3 Å². The number of amides is 2. The lowest BCUT2D eigenvalue weighted by atomic mass is 9.99. The maximum absolute atomic E-state index is 12.8. The number of aryl methyl sites for hydroxylation is 2. The molecule has 1 aromatic carbocycles. The van der Waals surface area contributed by atoms with E-state index in [-0.39, 0.29) is 6.42 Å². The molecule has 0 spiro atoms. The molecule has 0 bridgehead atoms. The number of carbonyl (C=O) groups excluding carboxylic acids is 2. The molecule has 2 N–H and O–H groups in total. The number of ether oxygens (including phenoxy) is 1. The van der Waals surface area contributed by atoms with Crippen molar-refractivity contribution in [3.63, 3.8) is 0 Å². The van der Waals surface area contributed by atoms with Crippen molar-refractivity contribution in [2.45, 2.75) is 51.0 Å². The molecular weight excluding hydrogens is 356 g/mol. The second kappa shape index (κ2) is 7.96. The molecule has 2 amide bonds. The van der Waals surface area contributed by atoms with Gasteiger partial charge in [0, 0.05) is 18.3 Å². The number of nitrogens with one attached hydrogen (secondary N) is 2. The van der Waals surface area contributed by atoms with Gasteiger partial charge < -0.3 is 15.4 Å². The van der Waals surface area contributed by atoms with E-state index >= 15 is 0 Å². The van der Waals surface area contributed by atoms with Crippen LogP contribution in [-0.2, 0) is 41.6 Å². The van der Waals surface area contributed by atoms with E-state index in [1.807, 2.05) is 0 Å². The van der Waals surface area contributed by atoms with Gasteiger partial charge in [-0.15, -0.1) is 0 Å². The van der Waals surface area contributed by atoms with Gasteiger partial charge in [0.1, 0.15) is 6.04 Å². The summed E-state index contributed by atoms with van der Waals surface area (Å²) in [4.78, 5) is 24.9. The van der Waals surface area contributed by atoms with Crippen LogP contribution in [0, 0.1) is 0 Å². The molecule has 4 rings (SSSR count). The average Bonchev–Trinajstić information content (AvgIpc) is 3.36. The number of nitrogens with zero attached hydrogens (tertiary/aromatic N) is 2. The van der Waals surface area contributed by atoms with Gasteiger partial charge >= 0.3 is 12.0 Å². The van der Waals surface area contributed by atoms with E-state index in [0.717, 1.165) is 44.2 Å². The molecule has 0 radical (unpaired) electrons. The number of methoxy groups -OCH3 is 1. The molecule has 0 unspecified atom stereocenters. The van der Waals surface area contributed by atoms with Crippen molar-refractivity contribution in [3.8, 4) is 0 Å². The van der Waals surface area contributed by atoms with Gasteiger partial charge in [-0.25, -0.2) is 9.59 Å². The Morgan fingerprint density at radius 3 is 2.46 bits per heavy atom. The summed E-state index contributed by atoms with van der Waals surface area (Å²) in [6, 6.07) is 4.60. The van der Waals surface area contributed by atoms with Crippen LogP contribution in [0.5, 0.6) is 0 Å². The van der Waals surface area contributed by atoms with Crippen molar-refractivity contribution in [2.75, 3.05) is 12.4 Å². The van der Waals surface area contributed by atoms with Crippen LogP contribution in [0.1, 0.15) is 40.8 Å². The van der Waals surface area contributed by atoms with Crippen molar-refractivity contribution in [1.82, 2.24) is 15.5 Å². The van der Waals surface area contributed by atoms with Crippen molar-refractivity contribution in [3.05, 3.63) is 52.3 Å². The first-order chi connectivity index (χ1) is 13.7. The standard InChI is InChI=1S/C21H24N4O3/c1-28-20(26)18(12-15-7-4-10-22-25-15)23-21(27)24-19-16-8-2-5-13(16)11-14-6-3-9-17(14)19/h4,7,10-11,18H,2-3,5-6,8-9,12H2,1H3,(H2,23,24,27)/t18-/m1/s1. The molecule has 0 aliphatic heterocycles. The minimum atomic E-state index is -0.827. The van der Waals surface area contributed by atoms with Gasteiger partial charge in [-0.3, -0.25) is 0 Å². The fourth-order valence-corrected chi connectivity index (χ4v) is 4.26. The topological polar surface area (TPSA) is 93.2 Å². The summed E-state index contributed by atoms with van der Waals surface area (Å²) >= 11 is 0. The van der Waals surface area contributed by atoms with Crippen LogP contribution in [0.15, 0.2) is 24.4 Å². The second-order valence-electron chi connectivity index (χ2n) is 7.33. The third kappa shape index (κ3) is 3.69. The maximum Gasteiger partial charge on any atom is 0.328 e. The Balaban J connectivity index is 1.52. The average molecular weight is 380 g/mol. The summed E-state index contributed by atoms with van der Waals surface area (Å²) < 4.78 is 4.85. The zero-order chi connectivity index (χ0) is 19.5. The number of hydrogen-bond acceptors (Lipinski definition) is 5. The van der Waals surface area contributed by atoms with Crippen molar-refractivity contribution in [2.24, 2.45) is 0 Å². The van der Waals surface area contributed by atoms with Crippen molar-refractivity contribution >= 4 is 17.7 Å². The molecule has 2 aliphatic carbocycles. The zero-order valence-electron chi connectivity index (χ0n) is 16.0. The van der Waals surface area contributed by atoms with Crippen LogP contribution >= 0.6 is 0 Å². The molecule has 2 aromatic rings. The molecule has 146 valence electrons. The van der Waals surface area contributed by atoms with Gasteiger partial charge in [0.05, 0.1) is 12.8 Å². The molecule has 1 atom stereocenters. The molecule has 7 nitrogen and oxygen atoms in total. The molecule has 2 aliphatic rings. The van der Waals surface area contributed by atoms with Crippen LogP contribution in [0.25, 0.3) is 0 Å². The zero-order valence-corrected chi connectivity index (χ0v) is 16.0. The predicted octanol–water partition coefficient (Wildman–Crippen LogP) is 2.36. The highest BCUT2D eigenvalue weighted by Crippen LogP contribution is 2.38. The number of anilines is 1. The Morgan fingerprint density at radius 1 is 1.14 bits per heavy atom. The van der Waals surface area contributed by atoms with E-state index in [0.29, 0.717) is 5.69 Å². The Labute approximate surface area is 163 Å². The fourth-order valence-electron chi connectivity index (χ4n) is 4.26. The van der Waals surface area contributed by atoms with E-state index in [4.69, 9.17) is 4.74 Å². The minimum Gasteiger partial charge on any atom is -0.467 e. The van der Waals surface area contributed by atoms with Crippen LogP contribution in [0.3, 0.4) is 0 Å². The van der Waals surface area contributed by atoms with Gasteiger partial charge in [0.2, 0.25) is 0 Å². The number of aromatic nitrogens is 2. The number of carbonyl (C=O) groups is 2. The van der Waals surface area contributed by atoms with Gasteiger partial charge in [0.15, 0.2) is 0 Å². The van der Waals surface area contributed by atoms with Crippen LogP contribution in [0.2, 0.25) is 0 Å². The van der Waals surface area contributed by atoms with E-state index in [1.54, 1.807) is 18.3 Å². The predicted molar refractivity (Wildman–Crippen MR) is 104 cm³/mol. The van der Waals surface area contributed by atoms with Gasteiger partial charge in [-0.05, 0) is 72.9 Å². The molecule has 28 heavy (non-hydrogen) atoms. The summed E-state index contributed by atoms with van der Waals surface area (Å²) in [6.45, 7) is 0. The number of esters is 1. The summed E-state index contributed by atoms with van der Waals surface area (Å²) in [5, 5.41) is 13.6. The van der Waals surface area contributed by atoms with Gasteiger partial charge in [-0.1, -0.05) is 6.07 Å². The monoisotopic (exact) mass is 380 g/mol. The second-order valence-corrected chi connectivity index (χ2v) is 7.33. The normalized spacial score (nSPS) is 15.5. The summed E-state index contributed by atoms with van der Waals surface area (Å²) in [5.41, 5.74) is 6.75. The fraction of sp³-hybridized carbons (Fsp3) is 0.429. The quantitative estimate of drug-likeness (QED) is 0.777. The lowest BCUT2D eigenvalue weighted by molar-refractivity contribution is -0.142. The smallest absolute Gasteiger partial charge is 0.328 e. The minimum absolute atomic E-state index is 0.221. The first-order valence-corrected chi connectivity index (χ1v) is 9.74. The van der Waals surface area contributed by atoms with Crippen LogP contribution in [-0.4, -0.2) is 35.3 Å². The van der Waals surface area contributed by atoms with Gasteiger partial charge in [-0.2, -0.15) is 10.2 Å². The van der Waals surface area contributed by atoms with E-state index in [9.17, 15) is 9.59 Å². The van der Waals surface area contributed by atoms with Crippen molar-refractivity contribution in [1.29, 1.82) is 0 Å². The number of urea groups is 1. The largest absolute Gasteiger partial charge is 0.467 e. The SMILES string of the molecule is COC(=O)[C@@H](Cc1cccnn1)NC(=O)Nc1c2c(cc3c1CCC3)CCC2. The van der Waals surface area contributed by atoms with E-state index in [2.05, 4.69) is 26.9 Å². The summed E-state index contributed by atoms with van der Waals surface area (Å²) in [5.74, 6) is -0.510. The molecule has 0 saturated carbocycles. The molecule has 1 aromatic heterocycles. The highest BCUT2D eigenvalue weighted by Gasteiger charge is 2.27. The van der Waals surface area contributed by atoms with Crippen LogP contribution < -0.4 is 10.6 Å². The maximum atomic E-state index is 12.8. The Kier molecular flexibility index (Phi) is 5.23. The van der Waals surface area contributed by atoms with E-state index < -0.39 is 18.0 Å². The third-order valence-electron chi connectivity index (χ3n) is 5.54. The summed E-state index contributed by atoms with van der Waals surface area (Å²) in [7, 11) is 1.31. The number of rotatable bonds is 5. The van der Waals surface area contributed by atoms with Crippen LogP contribution in [0.4, 0.5) is 10.5 Å². The number of fused-ring (bicyclic) bond motifs is 2. The molecule has 7 heteroatoms. The number of benzene rings is 1. The highest BCUT2D eigenvalue weighted by molar-refractivity contribution is 5.94. The lowest BCUT2D eigenvalue weighted by Gasteiger charge is -2.19. The summed E-state index contributed by atoms with van der Waals surface area (Å²) in [6.07, 6.45) is 8.12. The molecular formula is C21H24N4O3. The van der Waals surface area contributed by atoms with E-state index in [1.165, 1.54) is 29.4 Å². The highest BCUT2D eigenvalue weighted by atomic mass is 16.5. The first kappa shape index (κ1) is 18.4. The Morgan fingerprint density at radius 2 is 1.86 bits per heavy atom. The molecule has 0 saturated heterocycles. The van der Waals surface area contributed by atoms with Gasteiger partial charge in [0.25, 0.3) is 0 Å². The third-order valence-corrected chi connectivity index (χ3v) is 5.54. The molecule has 0 fully saturated rings. The number of hydrogen-bond donors (Lipinski definition) is 2. The first-order valence-electron chi connectivity index (χ1n) is 9.74. The Hall–Kier alpha value is -2.96. The Bertz CT molecular complexity index is 866.